The van der Waals surface area contributed by atoms with Crippen LogP contribution in [-0.4, -0.2) is 48.6 Å². The van der Waals surface area contributed by atoms with Crippen molar-refractivity contribution in [2.45, 2.75) is 38.3 Å². The molecule has 1 atom stereocenters. The summed E-state index contributed by atoms with van der Waals surface area (Å²) in [4.78, 5) is 25.2. The second-order valence-corrected chi connectivity index (χ2v) is 5.07. The van der Waals surface area contributed by atoms with Gasteiger partial charge in [0, 0.05) is 39.6 Å². The van der Waals surface area contributed by atoms with Crippen molar-refractivity contribution in [1.29, 1.82) is 0 Å². The molecule has 0 aliphatic carbocycles. The molecule has 0 aromatic rings. The Morgan fingerprint density at radius 3 is 2.28 bits per heavy atom. The summed E-state index contributed by atoms with van der Waals surface area (Å²) < 4.78 is 5.62. The van der Waals surface area contributed by atoms with Gasteiger partial charge in [0.1, 0.15) is 5.60 Å². The first-order chi connectivity index (χ1) is 8.24. The zero-order chi connectivity index (χ0) is 14.1. The molecular formula is C13H22N2O3. The highest BCUT2D eigenvalue weighted by molar-refractivity contribution is 5.95. The van der Waals surface area contributed by atoms with Gasteiger partial charge in [-0.05, 0) is 13.8 Å². The number of carbonyl (C=O) groups is 2. The van der Waals surface area contributed by atoms with E-state index in [0.717, 1.165) is 0 Å². The summed E-state index contributed by atoms with van der Waals surface area (Å²) in [6, 6.07) is 0. The predicted octanol–water partition coefficient (Wildman–Crippen LogP) is 0.705. The number of methoxy groups -OCH3 is 1. The van der Waals surface area contributed by atoms with Crippen LogP contribution in [-0.2, 0) is 14.3 Å². The van der Waals surface area contributed by atoms with E-state index in [0.29, 0.717) is 18.5 Å². The molecule has 0 aromatic carbocycles. The Bertz CT molecular complexity index is 390. The fraction of sp³-hybridized carbons (Fsp3) is 0.692. The van der Waals surface area contributed by atoms with Crippen LogP contribution < -0.4 is 5.32 Å². The molecule has 18 heavy (non-hydrogen) atoms. The molecule has 1 rings (SSSR count). The Morgan fingerprint density at radius 1 is 1.39 bits per heavy atom. The Hall–Kier alpha value is -1.36. The number of likely N-dealkylation sites (N-methyl/N-ethyl adjacent to an activating group) is 1. The molecule has 0 bridgehead atoms. The summed E-state index contributed by atoms with van der Waals surface area (Å²) in [5, 5.41) is 2.56. The number of hydrogen-bond donors (Lipinski definition) is 1. The molecule has 0 aromatic heterocycles. The highest BCUT2D eigenvalue weighted by Crippen LogP contribution is 2.45. The first kappa shape index (κ1) is 14.7. The zero-order valence-electron chi connectivity index (χ0n) is 11.8. The first-order valence-electron chi connectivity index (χ1n) is 5.99. The van der Waals surface area contributed by atoms with E-state index >= 15 is 0 Å². The first-order valence-corrected chi connectivity index (χ1v) is 5.99. The van der Waals surface area contributed by atoms with Crippen LogP contribution in [0.2, 0.25) is 0 Å². The molecule has 1 saturated heterocycles. The van der Waals surface area contributed by atoms with E-state index in [9.17, 15) is 9.59 Å². The van der Waals surface area contributed by atoms with Crippen LogP contribution in [0.4, 0.5) is 0 Å². The van der Waals surface area contributed by atoms with E-state index in [1.807, 2.05) is 13.8 Å². The van der Waals surface area contributed by atoms with Crippen molar-refractivity contribution in [3.8, 4) is 0 Å². The number of rotatable bonds is 3. The molecule has 1 fully saturated rings. The molecule has 1 unspecified atom stereocenters. The van der Waals surface area contributed by atoms with E-state index < -0.39 is 11.1 Å². The molecule has 1 aliphatic rings. The summed E-state index contributed by atoms with van der Waals surface area (Å²) in [6.07, 6.45) is 0.572. The van der Waals surface area contributed by atoms with Gasteiger partial charge in [0.15, 0.2) is 0 Å². The number of nitrogens with zero attached hydrogens (tertiary/aromatic N) is 1. The minimum atomic E-state index is -0.835. The predicted molar refractivity (Wildman–Crippen MR) is 69.0 cm³/mol. The van der Waals surface area contributed by atoms with Crippen molar-refractivity contribution in [2.24, 2.45) is 0 Å². The molecular weight excluding hydrogens is 232 g/mol. The smallest absolute Gasteiger partial charge is 0.249 e. The lowest BCUT2D eigenvalue weighted by molar-refractivity contribution is -0.139. The second-order valence-electron chi connectivity index (χ2n) is 5.07. The average molecular weight is 254 g/mol. The molecule has 102 valence electrons. The lowest BCUT2D eigenvalue weighted by atomic mass is 9.77. The average Bonchev–Trinajstić information content (AvgIpc) is 2.59. The van der Waals surface area contributed by atoms with Gasteiger partial charge in [-0.25, -0.2) is 0 Å². The van der Waals surface area contributed by atoms with Crippen LogP contribution in [0.5, 0.6) is 0 Å². The van der Waals surface area contributed by atoms with Gasteiger partial charge in [0.2, 0.25) is 11.8 Å². The summed E-state index contributed by atoms with van der Waals surface area (Å²) in [5.41, 5.74) is -1.07. The maximum atomic E-state index is 11.8. The van der Waals surface area contributed by atoms with Gasteiger partial charge >= 0.3 is 0 Å². The van der Waals surface area contributed by atoms with Gasteiger partial charge in [-0.15, -0.1) is 0 Å². The van der Waals surface area contributed by atoms with Gasteiger partial charge in [-0.1, -0.05) is 6.58 Å². The van der Waals surface area contributed by atoms with Gasteiger partial charge in [-0.3, -0.25) is 9.59 Å². The van der Waals surface area contributed by atoms with Crippen LogP contribution in [0.25, 0.3) is 0 Å². The van der Waals surface area contributed by atoms with Crippen molar-refractivity contribution >= 4 is 11.8 Å². The highest BCUT2D eigenvalue weighted by atomic mass is 16.5. The van der Waals surface area contributed by atoms with E-state index in [2.05, 4.69) is 11.9 Å². The normalized spacial score (nSPS) is 25.9. The summed E-state index contributed by atoms with van der Waals surface area (Å²) >= 11 is 0. The maximum absolute atomic E-state index is 11.8. The molecule has 0 saturated carbocycles. The van der Waals surface area contributed by atoms with Crippen molar-refractivity contribution in [2.75, 3.05) is 20.7 Å². The largest absolute Gasteiger partial charge is 0.371 e. The lowest BCUT2D eigenvalue weighted by Crippen LogP contribution is -2.58. The fourth-order valence-corrected chi connectivity index (χ4v) is 2.95. The van der Waals surface area contributed by atoms with Gasteiger partial charge in [-0.2, -0.15) is 0 Å². The van der Waals surface area contributed by atoms with Gasteiger partial charge in [0.05, 0.1) is 5.54 Å². The number of ether oxygens (including phenoxy) is 1. The standard InChI is InChI=1S/C13H22N2O3/c1-9(11(17)14-5)13(18-6)7-8-15(10(2)16)12(13,3)4/h1,7-8H2,2-6H3,(H,14,17). The Morgan fingerprint density at radius 2 is 1.94 bits per heavy atom. The van der Waals surface area contributed by atoms with Gasteiger partial charge < -0.3 is 15.0 Å². The van der Waals surface area contributed by atoms with E-state index in [1.54, 1.807) is 19.1 Å². The van der Waals surface area contributed by atoms with Crippen molar-refractivity contribution < 1.29 is 14.3 Å². The molecule has 5 nitrogen and oxygen atoms in total. The van der Waals surface area contributed by atoms with E-state index in [1.165, 1.54) is 6.92 Å². The van der Waals surface area contributed by atoms with Crippen molar-refractivity contribution in [1.82, 2.24) is 10.2 Å². The fourth-order valence-electron chi connectivity index (χ4n) is 2.95. The maximum Gasteiger partial charge on any atom is 0.249 e. The molecule has 5 heteroatoms. The number of amides is 2. The number of carbonyl (C=O) groups excluding carboxylic acids is 2. The Kier molecular flexibility index (Phi) is 3.86. The van der Waals surface area contributed by atoms with Crippen LogP contribution in [0.15, 0.2) is 12.2 Å². The lowest BCUT2D eigenvalue weighted by Gasteiger charge is -2.44. The highest BCUT2D eigenvalue weighted by Gasteiger charge is 2.57. The summed E-state index contributed by atoms with van der Waals surface area (Å²) in [5.74, 6) is -0.279. The third kappa shape index (κ3) is 1.82. The number of nitrogens with one attached hydrogen (secondary N) is 1. The molecule has 1 aliphatic heterocycles. The number of likely N-dealkylation sites (tertiary alicyclic amines) is 1. The third-order valence-corrected chi connectivity index (χ3v) is 4.07. The quantitative estimate of drug-likeness (QED) is 0.754. The second kappa shape index (κ2) is 4.72. The minimum Gasteiger partial charge on any atom is -0.371 e. The Balaban J connectivity index is 3.22. The zero-order valence-corrected chi connectivity index (χ0v) is 11.8. The molecule has 1 heterocycles. The van der Waals surface area contributed by atoms with Crippen LogP contribution in [0.3, 0.4) is 0 Å². The molecule has 0 spiro atoms. The van der Waals surface area contributed by atoms with Crippen LogP contribution in [0.1, 0.15) is 27.2 Å². The summed E-state index contributed by atoms with van der Waals surface area (Å²) in [7, 11) is 3.11. The SMILES string of the molecule is C=C(C(=O)NC)C1(OC)CCN(C(C)=O)C1(C)C. The molecule has 0 radical (unpaired) electrons. The number of hydrogen-bond acceptors (Lipinski definition) is 3. The minimum absolute atomic E-state index is 0.0244. The molecule has 2 amide bonds. The van der Waals surface area contributed by atoms with Crippen molar-refractivity contribution in [3.05, 3.63) is 12.2 Å². The monoisotopic (exact) mass is 254 g/mol. The molecule has 1 N–H and O–H groups in total. The van der Waals surface area contributed by atoms with Crippen molar-refractivity contribution in [3.63, 3.8) is 0 Å². The Labute approximate surface area is 108 Å². The third-order valence-electron chi connectivity index (χ3n) is 4.07. The van der Waals surface area contributed by atoms with Gasteiger partial charge in [0.25, 0.3) is 0 Å². The van der Waals surface area contributed by atoms with E-state index in [-0.39, 0.29) is 11.8 Å². The van der Waals surface area contributed by atoms with Crippen LogP contribution >= 0.6 is 0 Å². The van der Waals surface area contributed by atoms with E-state index in [4.69, 9.17) is 4.74 Å². The van der Waals surface area contributed by atoms with Crippen LogP contribution in [0, 0.1) is 0 Å². The summed E-state index contributed by atoms with van der Waals surface area (Å²) in [6.45, 7) is 9.75. The topological polar surface area (TPSA) is 58.6 Å².